The van der Waals surface area contributed by atoms with Gasteiger partial charge in [-0.2, -0.15) is 0 Å². The molecule has 4 aliphatic carbocycles. The summed E-state index contributed by atoms with van der Waals surface area (Å²) in [7, 11) is 0. The maximum absolute atomic E-state index is 13.7. The van der Waals surface area contributed by atoms with Crippen LogP contribution in [-0.4, -0.2) is 52.4 Å². The summed E-state index contributed by atoms with van der Waals surface area (Å²) in [5, 5.41) is 22.9. The Bertz CT molecular complexity index is 806. The van der Waals surface area contributed by atoms with Gasteiger partial charge >= 0.3 is 11.9 Å². The SMILES string of the molecule is CC(=O)O[C@@H]1C[C@@H]2[C@@H](C)C(=O)[C@]3([C@H](O)C[C@H]4C(C)(C)CC[C@@H](OC(C)=O)[C@@]4(C)[C@H]13)[C@H]2O. The van der Waals surface area contributed by atoms with Crippen LogP contribution in [-0.2, 0) is 23.9 Å². The van der Waals surface area contributed by atoms with Gasteiger partial charge in [-0.25, -0.2) is 0 Å². The van der Waals surface area contributed by atoms with Crippen molar-refractivity contribution in [2.75, 3.05) is 0 Å². The van der Waals surface area contributed by atoms with E-state index in [1.165, 1.54) is 13.8 Å². The van der Waals surface area contributed by atoms with E-state index in [-0.39, 0.29) is 23.0 Å². The van der Waals surface area contributed by atoms with Gasteiger partial charge < -0.3 is 19.7 Å². The molecule has 1 spiro atoms. The van der Waals surface area contributed by atoms with E-state index in [2.05, 4.69) is 13.8 Å². The molecule has 31 heavy (non-hydrogen) atoms. The lowest BCUT2D eigenvalue weighted by molar-refractivity contribution is -0.279. The number of rotatable bonds is 2. The number of hydrogen-bond donors (Lipinski definition) is 2. The lowest BCUT2D eigenvalue weighted by Crippen LogP contribution is -2.73. The number of aliphatic hydroxyl groups is 2. The average molecular weight is 437 g/mol. The summed E-state index contributed by atoms with van der Waals surface area (Å²) in [5.74, 6) is -2.51. The third-order valence-electron chi connectivity index (χ3n) is 9.51. The maximum Gasteiger partial charge on any atom is 0.302 e. The van der Waals surface area contributed by atoms with Crippen LogP contribution >= 0.6 is 0 Å². The summed E-state index contributed by atoms with van der Waals surface area (Å²) in [5.41, 5.74) is -2.33. The molecule has 0 aromatic heterocycles. The first-order valence-corrected chi connectivity index (χ1v) is 11.5. The Labute approximate surface area is 183 Å². The van der Waals surface area contributed by atoms with Crippen molar-refractivity contribution in [1.82, 2.24) is 0 Å². The molecule has 0 amide bonds. The molecule has 10 atom stereocenters. The van der Waals surface area contributed by atoms with Crippen molar-refractivity contribution in [3.63, 3.8) is 0 Å². The van der Waals surface area contributed by atoms with Crippen LogP contribution in [0.5, 0.6) is 0 Å². The van der Waals surface area contributed by atoms with E-state index >= 15 is 0 Å². The van der Waals surface area contributed by atoms with Crippen LogP contribution in [0.15, 0.2) is 0 Å². The number of carbonyl (C=O) groups excluding carboxylic acids is 3. The van der Waals surface area contributed by atoms with Crippen molar-refractivity contribution in [3.8, 4) is 0 Å². The molecule has 0 heterocycles. The number of Topliss-reactive ketones (excluding diaryl/α,β-unsaturated/α-hetero) is 1. The molecule has 0 radical (unpaired) electrons. The Morgan fingerprint density at radius 3 is 2.23 bits per heavy atom. The third-order valence-corrected chi connectivity index (χ3v) is 9.51. The Balaban J connectivity index is 1.96. The van der Waals surface area contributed by atoms with Gasteiger partial charge in [0.05, 0.1) is 17.6 Å². The summed E-state index contributed by atoms with van der Waals surface area (Å²) in [6, 6.07) is 0. The highest BCUT2D eigenvalue weighted by Gasteiger charge is 2.78. The van der Waals surface area contributed by atoms with Crippen LogP contribution in [0.25, 0.3) is 0 Å². The zero-order valence-corrected chi connectivity index (χ0v) is 19.4. The molecule has 0 aromatic rings. The van der Waals surface area contributed by atoms with Crippen LogP contribution in [0, 0.1) is 39.9 Å². The van der Waals surface area contributed by atoms with E-state index in [9.17, 15) is 24.6 Å². The molecular weight excluding hydrogens is 400 g/mol. The standard InChI is InChI=1S/C24H36O7/c1-11-14-9-15(30-12(2)25)19-23(6)16(10-17(27)24(19,20(11)28)21(14)29)22(4,5)8-7-18(23)31-13(3)26/h11,14-19,21,27,29H,7-10H2,1-6H3/t11-,14-,15-,16+,17-,18-,19+,21+,23+,24-/m1/s1. The number of aliphatic hydroxyl groups excluding tert-OH is 2. The lowest BCUT2D eigenvalue weighted by atomic mass is 9.38. The minimum Gasteiger partial charge on any atom is -0.462 e. The molecule has 4 aliphatic rings. The van der Waals surface area contributed by atoms with Crippen molar-refractivity contribution in [2.24, 2.45) is 39.9 Å². The molecule has 0 aromatic carbocycles. The Morgan fingerprint density at radius 1 is 1.03 bits per heavy atom. The molecular formula is C24H36O7. The minimum absolute atomic E-state index is 0.0748. The fraction of sp³-hybridized carbons (Fsp3) is 0.875. The first-order valence-electron chi connectivity index (χ1n) is 11.5. The number of ketones is 1. The Morgan fingerprint density at radius 2 is 1.65 bits per heavy atom. The monoisotopic (exact) mass is 436 g/mol. The van der Waals surface area contributed by atoms with Gasteiger partial charge in [0.1, 0.15) is 18.0 Å². The smallest absolute Gasteiger partial charge is 0.302 e. The van der Waals surface area contributed by atoms with Crippen LogP contribution in [0.2, 0.25) is 0 Å². The largest absolute Gasteiger partial charge is 0.462 e. The van der Waals surface area contributed by atoms with E-state index in [0.717, 1.165) is 6.42 Å². The van der Waals surface area contributed by atoms with Gasteiger partial charge in [0.25, 0.3) is 0 Å². The van der Waals surface area contributed by atoms with Crippen molar-refractivity contribution >= 4 is 17.7 Å². The summed E-state index contributed by atoms with van der Waals surface area (Å²) in [4.78, 5) is 37.9. The molecule has 4 rings (SSSR count). The molecule has 4 fully saturated rings. The first kappa shape index (κ1) is 22.7. The zero-order valence-electron chi connectivity index (χ0n) is 19.4. The summed E-state index contributed by atoms with van der Waals surface area (Å²) < 4.78 is 11.7. The van der Waals surface area contributed by atoms with Crippen LogP contribution in [0.1, 0.15) is 67.2 Å². The number of hydrogen-bond acceptors (Lipinski definition) is 7. The molecule has 0 saturated heterocycles. The Hall–Kier alpha value is -1.47. The highest BCUT2D eigenvalue weighted by molar-refractivity contribution is 5.92. The van der Waals surface area contributed by atoms with E-state index < -0.39 is 59.0 Å². The van der Waals surface area contributed by atoms with Gasteiger partial charge in [-0.15, -0.1) is 0 Å². The quantitative estimate of drug-likeness (QED) is 0.639. The van der Waals surface area contributed by atoms with Crippen LogP contribution < -0.4 is 0 Å². The molecule has 2 bridgehead atoms. The number of carbonyl (C=O) groups is 3. The van der Waals surface area contributed by atoms with E-state index in [4.69, 9.17) is 9.47 Å². The van der Waals surface area contributed by atoms with Crippen molar-refractivity contribution in [3.05, 3.63) is 0 Å². The van der Waals surface area contributed by atoms with E-state index in [1.54, 1.807) is 6.92 Å². The van der Waals surface area contributed by atoms with Gasteiger partial charge in [0, 0.05) is 31.1 Å². The number of fused-ring (bicyclic) bond motifs is 3. The second-order valence-corrected chi connectivity index (χ2v) is 11.4. The Kier molecular flexibility index (Phi) is 5.14. The summed E-state index contributed by atoms with van der Waals surface area (Å²) in [6.45, 7) is 10.8. The second-order valence-electron chi connectivity index (χ2n) is 11.4. The molecule has 174 valence electrons. The van der Waals surface area contributed by atoms with Gasteiger partial charge in [-0.05, 0) is 42.9 Å². The second kappa shape index (κ2) is 7.01. The predicted octanol–water partition coefficient (Wildman–Crippen LogP) is 2.26. The molecule has 7 heteroatoms. The molecule has 0 unspecified atom stereocenters. The maximum atomic E-state index is 13.7. The highest BCUT2D eigenvalue weighted by atomic mass is 16.6. The van der Waals surface area contributed by atoms with Gasteiger partial charge in [0.2, 0.25) is 0 Å². The lowest BCUT2D eigenvalue weighted by Gasteiger charge is -2.67. The van der Waals surface area contributed by atoms with Crippen molar-refractivity contribution < 1.29 is 34.1 Å². The minimum atomic E-state index is -1.42. The number of ether oxygens (including phenoxy) is 2. The average Bonchev–Trinajstić information content (AvgIpc) is 2.76. The fourth-order valence-electron chi connectivity index (χ4n) is 8.41. The number of esters is 2. The topological polar surface area (TPSA) is 110 Å². The molecule has 2 N–H and O–H groups in total. The van der Waals surface area contributed by atoms with E-state index in [1.807, 2.05) is 6.92 Å². The molecule has 0 aliphatic heterocycles. The van der Waals surface area contributed by atoms with E-state index in [0.29, 0.717) is 19.3 Å². The van der Waals surface area contributed by atoms with Crippen LogP contribution in [0.4, 0.5) is 0 Å². The summed E-state index contributed by atoms with van der Waals surface area (Å²) >= 11 is 0. The van der Waals surface area contributed by atoms with Gasteiger partial charge in [-0.1, -0.05) is 27.7 Å². The molecule has 7 nitrogen and oxygen atoms in total. The zero-order chi connectivity index (χ0) is 23.1. The van der Waals surface area contributed by atoms with Gasteiger partial charge in [-0.3, -0.25) is 14.4 Å². The normalized spacial score (nSPS) is 50.3. The van der Waals surface area contributed by atoms with Crippen molar-refractivity contribution in [1.29, 1.82) is 0 Å². The molecule has 4 saturated carbocycles. The van der Waals surface area contributed by atoms with Crippen LogP contribution in [0.3, 0.4) is 0 Å². The van der Waals surface area contributed by atoms with Gasteiger partial charge in [0.15, 0.2) is 0 Å². The summed E-state index contributed by atoms with van der Waals surface area (Å²) in [6.07, 6.45) is -1.03. The highest BCUT2D eigenvalue weighted by Crippen LogP contribution is 2.71. The fourth-order valence-corrected chi connectivity index (χ4v) is 8.41. The third kappa shape index (κ3) is 2.81. The first-order chi connectivity index (χ1) is 14.3. The van der Waals surface area contributed by atoms with Crippen molar-refractivity contribution in [2.45, 2.75) is 91.6 Å². The predicted molar refractivity (Wildman–Crippen MR) is 111 cm³/mol.